The summed E-state index contributed by atoms with van der Waals surface area (Å²) in [6.45, 7) is 0.766. The predicted molar refractivity (Wildman–Crippen MR) is 62.6 cm³/mol. The van der Waals surface area contributed by atoms with Crippen LogP contribution in [0.2, 0.25) is 0 Å². The smallest absolute Gasteiger partial charge is 0.152 e. The number of benzene rings is 2. The highest BCUT2D eigenvalue weighted by Gasteiger charge is 2.01. The van der Waals surface area contributed by atoms with Crippen molar-refractivity contribution in [3.8, 4) is 5.75 Å². The Morgan fingerprint density at radius 1 is 1.06 bits per heavy atom. The molecule has 0 spiro atoms. The maximum absolute atomic E-state index is 12.4. The summed E-state index contributed by atoms with van der Waals surface area (Å²) in [6.07, 6.45) is 0.495. The molecule has 0 aromatic heterocycles. The van der Waals surface area contributed by atoms with E-state index in [1.54, 1.807) is 12.1 Å². The highest BCUT2D eigenvalue weighted by Crippen LogP contribution is 2.19. The van der Waals surface area contributed by atoms with Crippen LogP contribution < -0.4 is 4.74 Å². The number of fused-ring (bicyclic) bond motifs is 3. The zero-order valence-electron chi connectivity index (χ0n) is 9.10. The number of carbonyl (C=O) groups is 1. The van der Waals surface area contributed by atoms with Gasteiger partial charge in [-0.3, -0.25) is 4.79 Å². The molecule has 0 saturated carbocycles. The Labute approximate surface area is 98.7 Å². The first-order valence-corrected chi connectivity index (χ1v) is 5.21. The Morgan fingerprint density at radius 2 is 1.76 bits per heavy atom. The van der Waals surface area contributed by atoms with E-state index in [1.165, 1.54) is 17.7 Å². The van der Waals surface area contributed by atoms with Gasteiger partial charge in [0.2, 0.25) is 0 Å². The lowest BCUT2D eigenvalue weighted by Gasteiger charge is -2.11. The first kappa shape index (κ1) is 11.3. The average molecular weight is 230 g/mol. The van der Waals surface area contributed by atoms with Gasteiger partial charge in [0, 0.05) is 0 Å². The summed E-state index contributed by atoms with van der Waals surface area (Å²) >= 11 is 0. The summed E-state index contributed by atoms with van der Waals surface area (Å²) in [5, 5.41) is 0. The highest BCUT2D eigenvalue weighted by atomic mass is 19.1. The topological polar surface area (TPSA) is 26.3 Å². The SMILES string of the molecule is O=Cc1ccccc1F.c1cc2ccc1CO2. The van der Waals surface area contributed by atoms with Gasteiger partial charge in [-0.15, -0.1) is 0 Å². The largest absolute Gasteiger partial charge is 0.489 e. The molecule has 0 saturated heterocycles. The van der Waals surface area contributed by atoms with E-state index in [4.69, 9.17) is 4.74 Å². The predicted octanol–water partition coefficient (Wildman–Crippen LogP) is 3.22. The van der Waals surface area contributed by atoms with Crippen LogP contribution in [0, 0.1) is 5.82 Å². The molecule has 2 aliphatic rings. The average Bonchev–Trinajstić information content (AvgIpc) is 2.42. The third-order valence-electron chi connectivity index (χ3n) is 2.36. The van der Waals surface area contributed by atoms with Gasteiger partial charge in [0.05, 0.1) is 5.56 Å². The van der Waals surface area contributed by atoms with Gasteiger partial charge < -0.3 is 4.74 Å². The number of rotatable bonds is 1. The first-order chi connectivity index (χ1) is 8.29. The summed E-state index contributed by atoms with van der Waals surface area (Å²) in [6, 6.07) is 14.0. The van der Waals surface area contributed by atoms with Gasteiger partial charge >= 0.3 is 0 Å². The molecular formula is C14H11FO2. The Bertz CT molecular complexity index is 483. The highest BCUT2D eigenvalue weighted by molar-refractivity contribution is 5.74. The van der Waals surface area contributed by atoms with Crippen molar-refractivity contribution in [2.24, 2.45) is 0 Å². The number of hydrogen-bond acceptors (Lipinski definition) is 2. The van der Waals surface area contributed by atoms with Crippen LogP contribution >= 0.6 is 0 Å². The van der Waals surface area contributed by atoms with Gasteiger partial charge in [-0.05, 0) is 29.8 Å². The second kappa shape index (κ2) is 5.25. The Morgan fingerprint density at radius 3 is 2.06 bits per heavy atom. The molecule has 0 aliphatic carbocycles. The molecule has 0 N–H and O–H groups in total. The number of ether oxygens (including phenoxy) is 1. The summed E-state index contributed by atoms with van der Waals surface area (Å²) in [4.78, 5) is 9.99. The third kappa shape index (κ3) is 2.91. The molecule has 0 fully saturated rings. The quantitative estimate of drug-likeness (QED) is 0.703. The molecule has 2 aromatic rings. The Hall–Kier alpha value is -2.16. The molecule has 17 heavy (non-hydrogen) atoms. The van der Waals surface area contributed by atoms with Gasteiger partial charge in [0.1, 0.15) is 18.2 Å². The number of hydrogen-bond donors (Lipinski definition) is 0. The lowest BCUT2D eigenvalue weighted by Crippen LogP contribution is -2.00. The van der Waals surface area contributed by atoms with Crippen LogP contribution in [0.25, 0.3) is 0 Å². The molecule has 2 heterocycles. The fourth-order valence-electron chi connectivity index (χ4n) is 1.42. The summed E-state index contributed by atoms with van der Waals surface area (Å²) in [5.74, 6) is 0.521. The van der Waals surface area contributed by atoms with E-state index < -0.39 is 5.82 Å². The van der Waals surface area contributed by atoms with E-state index in [2.05, 4.69) is 12.1 Å². The Kier molecular flexibility index (Phi) is 3.50. The zero-order valence-corrected chi connectivity index (χ0v) is 9.10. The van der Waals surface area contributed by atoms with Crippen LogP contribution in [-0.2, 0) is 6.61 Å². The minimum atomic E-state index is -0.465. The minimum absolute atomic E-state index is 0.109. The third-order valence-corrected chi connectivity index (χ3v) is 2.36. The summed E-state index contributed by atoms with van der Waals surface area (Å²) in [5.41, 5.74) is 1.37. The van der Waals surface area contributed by atoms with Gasteiger partial charge in [0.25, 0.3) is 0 Å². The lowest BCUT2D eigenvalue weighted by molar-refractivity contribution is 0.112. The van der Waals surface area contributed by atoms with Crippen molar-refractivity contribution < 1.29 is 13.9 Å². The van der Waals surface area contributed by atoms with Crippen LogP contribution in [0.3, 0.4) is 0 Å². The van der Waals surface area contributed by atoms with Crippen molar-refractivity contribution in [2.45, 2.75) is 6.61 Å². The van der Waals surface area contributed by atoms with E-state index in [0.717, 1.165) is 12.4 Å². The number of carbonyl (C=O) groups excluding carboxylic acids is 1. The van der Waals surface area contributed by atoms with Crippen molar-refractivity contribution in [1.29, 1.82) is 0 Å². The molecule has 0 unspecified atom stereocenters. The van der Waals surface area contributed by atoms with E-state index in [9.17, 15) is 9.18 Å². The van der Waals surface area contributed by atoms with Crippen molar-refractivity contribution >= 4 is 6.29 Å². The molecule has 0 atom stereocenters. The number of aldehydes is 1. The molecule has 2 aliphatic heterocycles. The molecule has 2 bridgehead atoms. The van der Waals surface area contributed by atoms with Gasteiger partial charge in [-0.25, -0.2) is 4.39 Å². The summed E-state index contributed by atoms with van der Waals surface area (Å²) in [7, 11) is 0. The zero-order chi connectivity index (χ0) is 12.1. The second-order valence-electron chi connectivity index (χ2n) is 3.57. The van der Waals surface area contributed by atoms with Crippen molar-refractivity contribution in [2.75, 3.05) is 0 Å². The number of halogens is 1. The fraction of sp³-hybridized carbons (Fsp3) is 0.0714. The normalized spacial score (nSPS) is 11.1. The molecule has 4 rings (SSSR count). The first-order valence-electron chi connectivity index (χ1n) is 5.21. The lowest BCUT2D eigenvalue weighted by atomic mass is 10.2. The van der Waals surface area contributed by atoms with Crippen molar-refractivity contribution in [3.63, 3.8) is 0 Å². The molecule has 2 nitrogen and oxygen atoms in total. The van der Waals surface area contributed by atoms with E-state index in [0.29, 0.717) is 6.29 Å². The van der Waals surface area contributed by atoms with E-state index >= 15 is 0 Å². The van der Waals surface area contributed by atoms with Gasteiger partial charge in [-0.1, -0.05) is 24.3 Å². The van der Waals surface area contributed by atoms with Crippen LogP contribution in [0.15, 0.2) is 48.5 Å². The van der Waals surface area contributed by atoms with Gasteiger partial charge in [-0.2, -0.15) is 0 Å². The van der Waals surface area contributed by atoms with Crippen molar-refractivity contribution in [3.05, 3.63) is 65.5 Å². The molecular weight excluding hydrogens is 219 g/mol. The monoisotopic (exact) mass is 230 g/mol. The van der Waals surface area contributed by atoms with Crippen LogP contribution in [0.1, 0.15) is 15.9 Å². The Balaban J connectivity index is 0.000000127. The van der Waals surface area contributed by atoms with E-state index in [1.807, 2.05) is 12.1 Å². The standard InChI is InChI=1S/C7H5FO.C7H6O/c8-7-4-2-1-3-6(7)5-9;1-3-7-4-2-6(1)5-8-7/h1-5H;1-4H,5H2. The second-order valence-corrected chi connectivity index (χ2v) is 3.57. The minimum Gasteiger partial charge on any atom is -0.489 e. The molecule has 0 radical (unpaired) electrons. The van der Waals surface area contributed by atoms with Crippen LogP contribution in [-0.4, -0.2) is 6.29 Å². The molecule has 0 amide bonds. The van der Waals surface area contributed by atoms with Gasteiger partial charge in [0.15, 0.2) is 6.29 Å². The maximum Gasteiger partial charge on any atom is 0.152 e. The summed E-state index contributed by atoms with van der Waals surface area (Å²) < 4.78 is 17.5. The molecule has 2 aromatic carbocycles. The fourth-order valence-corrected chi connectivity index (χ4v) is 1.42. The van der Waals surface area contributed by atoms with Crippen LogP contribution in [0.4, 0.5) is 4.39 Å². The molecule has 86 valence electrons. The maximum atomic E-state index is 12.4. The van der Waals surface area contributed by atoms with Crippen molar-refractivity contribution in [1.82, 2.24) is 0 Å². The molecule has 3 heteroatoms. The van der Waals surface area contributed by atoms with Crippen LogP contribution in [0.5, 0.6) is 5.75 Å². The van der Waals surface area contributed by atoms with E-state index in [-0.39, 0.29) is 5.56 Å².